The summed E-state index contributed by atoms with van der Waals surface area (Å²) in [5.74, 6) is 0.774. The highest BCUT2D eigenvalue weighted by Crippen LogP contribution is 2.36. The van der Waals surface area contributed by atoms with Crippen LogP contribution in [0.5, 0.6) is 5.75 Å². The van der Waals surface area contributed by atoms with Gasteiger partial charge in [0, 0.05) is 12.7 Å². The van der Waals surface area contributed by atoms with Gasteiger partial charge in [-0.05, 0) is 70.8 Å². The van der Waals surface area contributed by atoms with E-state index in [2.05, 4.69) is 44.2 Å². The molecule has 0 saturated carbocycles. The summed E-state index contributed by atoms with van der Waals surface area (Å²) in [4.78, 5) is 16.2. The summed E-state index contributed by atoms with van der Waals surface area (Å²) in [5.41, 5.74) is 0.395. The number of aromatic nitrogens is 1. The zero-order valence-electron chi connectivity index (χ0n) is 19.7. The average Bonchev–Trinajstić information content (AvgIpc) is 2.56. The quantitative estimate of drug-likeness (QED) is 0.429. The molecule has 6 nitrogen and oxygen atoms in total. The van der Waals surface area contributed by atoms with Crippen molar-refractivity contribution in [2.75, 3.05) is 13.2 Å². The van der Waals surface area contributed by atoms with Gasteiger partial charge in [-0.3, -0.25) is 4.98 Å². The van der Waals surface area contributed by atoms with Crippen LogP contribution in [0, 0.1) is 0 Å². The number of nitrogens with one attached hydrogen (secondary N) is 1. The predicted molar refractivity (Wildman–Crippen MR) is 120 cm³/mol. The third-order valence-corrected chi connectivity index (χ3v) is 9.42. The van der Waals surface area contributed by atoms with Crippen LogP contribution in [0.2, 0.25) is 18.1 Å². The van der Waals surface area contributed by atoms with Gasteiger partial charge in [-0.1, -0.05) is 20.8 Å². The second kappa shape index (κ2) is 10.4. The zero-order chi connectivity index (χ0) is 22.3. The molecule has 0 aliphatic rings. The van der Waals surface area contributed by atoms with Crippen LogP contribution in [0.15, 0.2) is 18.3 Å². The Morgan fingerprint density at radius 1 is 1.21 bits per heavy atom. The highest BCUT2D eigenvalue weighted by atomic mass is 28.4. The summed E-state index contributed by atoms with van der Waals surface area (Å²) in [5, 5.41) is 2.95. The Morgan fingerprint density at radius 3 is 2.45 bits per heavy atom. The van der Waals surface area contributed by atoms with Crippen molar-refractivity contribution in [3.63, 3.8) is 0 Å². The summed E-state index contributed by atoms with van der Waals surface area (Å²) < 4.78 is 17.6. The molecule has 1 atom stereocenters. The number of ether oxygens (including phenoxy) is 2. The van der Waals surface area contributed by atoms with Crippen LogP contribution >= 0.6 is 0 Å². The molecule has 0 aliphatic heterocycles. The topological polar surface area (TPSA) is 69.7 Å². The standard InChI is InChI=1S/C22H40N2O4Si/c1-17(16-26-29(8,9)22(5,6)7)27-19-13-11-14-23-18(19)12-10-15-24-20(25)28-21(2,3)4/h11,13-14,17H,10,12,15-16H2,1-9H3,(H,24,25)/t17-/m1/s1. The molecule has 1 aromatic rings. The Labute approximate surface area is 177 Å². The monoisotopic (exact) mass is 424 g/mol. The second-order valence-electron chi connectivity index (χ2n) is 9.98. The molecule has 1 N–H and O–H groups in total. The van der Waals surface area contributed by atoms with Crippen molar-refractivity contribution in [3.05, 3.63) is 24.0 Å². The zero-order valence-corrected chi connectivity index (χ0v) is 20.7. The third kappa shape index (κ3) is 9.63. The molecule has 1 amide bonds. The lowest BCUT2D eigenvalue weighted by Gasteiger charge is -2.37. The Bertz CT molecular complexity index is 651. The molecule has 1 heterocycles. The first-order chi connectivity index (χ1) is 13.2. The Kier molecular flexibility index (Phi) is 9.15. The number of alkyl carbamates (subject to hydrolysis) is 1. The van der Waals surface area contributed by atoms with Gasteiger partial charge in [-0.15, -0.1) is 0 Å². The van der Waals surface area contributed by atoms with Crippen molar-refractivity contribution >= 4 is 14.4 Å². The van der Waals surface area contributed by atoms with Gasteiger partial charge >= 0.3 is 6.09 Å². The first kappa shape index (κ1) is 25.4. The lowest BCUT2D eigenvalue weighted by Crippen LogP contribution is -2.43. The summed E-state index contributed by atoms with van der Waals surface area (Å²) in [6.45, 7) is 19.8. The van der Waals surface area contributed by atoms with Crippen LogP contribution < -0.4 is 10.1 Å². The number of hydrogen-bond donors (Lipinski definition) is 1. The fourth-order valence-electron chi connectivity index (χ4n) is 2.27. The molecule has 29 heavy (non-hydrogen) atoms. The maximum atomic E-state index is 11.7. The van der Waals surface area contributed by atoms with Gasteiger partial charge in [0.2, 0.25) is 0 Å². The number of carbonyl (C=O) groups is 1. The van der Waals surface area contributed by atoms with Crippen molar-refractivity contribution < 1.29 is 18.7 Å². The first-order valence-corrected chi connectivity index (χ1v) is 13.3. The molecule has 166 valence electrons. The number of nitrogens with zero attached hydrogens (tertiary/aromatic N) is 1. The van der Waals surface area contributed by atoms with Gasteiger partial charge in [0.1, 0.15) is 17.5 Å². The molecule has 0 aromatic carbocycles. The normalized spacial score (nSPS) is 13.7. The average molecular weight is 425 g/mol. The molecule has 0 radical (unpaired) electrons. The van der Waals surface area contributed by atoms with Crippen LogP contribution in [-0.4, -0.2) is 44.3 Å². The highest BCUT2D eigenvalue weighted by Gasteiger charge is 2.37. The lowest BCUT2D eigenvalue weighted by molar-refractivity contribution is 0.0527. The van der Waals surface area contributed by atoms with Crippen LogP contribution in [-0.2, 0) is 15.6 Å². The smallest absolute Gasteiger partial charge is 0.407 e. The summed E-state index contributed by atoms with van der Waals surface area (Å²) in [6.07, 6.45) is 2.77. The molecular formula is C22H40N2O4Si. The van der Waals surface area contributed by atoms with Gasteiger partial charge < -0.3 is 19.2 Å². The highest BCUT2D eigenvalue weighted by molar-refractivity contribution is 6.74. The van der Waals surface area contributed by atoms with Gasteiger partial charge in [0.15, 0.2) is 8.32 Å². The predicted octanol–water partition coefficient (Wildman–Crippen LogP) is 5.33. The molecule has 0 unspecified atom stereocenters. The van der Waals surface area contributed by atoms with E-state index in [0.29, 0.717) is 19.6 Å². The van der Waals surface area contributed by atoms with Gasteiger partial charge in [-0.2, -0.15) is 0 Å². The molecule has 7 heteroatoms. The van der Waals surface area contributed by atoms with Crippen molar-refractivity contribution in [1.29, 1.82) is 0 Å². The molecule has 0 bridgehead atoms. The van der Waals surface area contributed by atoms with Crippen LogP contribution in [0.4, 0.5) is 4.79 Å². The fraction of sp³-hybridized carbons (Fsp3) is 0.727. The van der Waals surface area contributed by atoms with Crippen LogP contribution in [0.25, 0.3) is 0 Å². The van der Waals surface area contributed by atoms with Crippen molar-refractivity contribution in [3.8, 4) is 5.75 Å². The van der Waals surface area contributed by atoms with Crippen LogP contribution in [0.3, 0.4) is 0 Å². The van der Waals surface area contributed by atoms with E-state index >= 15 is 0 Å². The summed E-state index contributed by atoms with van der Waals surface area (Å²) in [6, 6.07) is 3.81. The van der Waals surface area contributed by atoms with Gasteiger partial charge in [-0.25, -0.2) is 4.79 Å². The molecule has 1 aromatic heterocycles. The van der Waals surface area contributed by atoms with E-state index in [1.165, 1.54) is 0 Å². The maximum absolute atomic E-state index is 11.7. The van der Waals surface area contributed by atoms with Gasteiger partial charge in [0.25, 0.3) is 0 Å². The van der Waals surface area contributed by atoms with E-state index in [0.717, 1.165) is 17.9 Å². The molecular weight excluding hydrogens is 384 g/mol. The Balaban J connectivity index is 2.52. The molecule has 0 aliphatic carbocycles. The van der Waals surface area contributed by atoms with Crippen molar-refractivity contribution in [2.24, 2.45) is 0 Å². The number of pyridine rings is 1. The number of rotatable bonds is 9. The largest absolute Gasteiger partial charge is 0.486 e. The number of amides is 1. The van der Waals surface area contributed by atoms with Crippen molar-refractivity contribution in [1.82, 2.24) is 10.3 Å². The third-order valence-electron chi connectivity index (χ3n) is 4.92. The number of hydrogen-bond acceptors (Lipinski definition) is 5. The summed E-state index contributed by atoms with van der Waals surface area (Å²) >= 11 is 0. The Hall–Kier alpha value is -1.60. The van der Waals surface area contributed by atoms with E-state index in [4.69, 9.17) is 13.9 Å². The molecule has 0 saturated heterocycles. The molecule has 0 fully saturated rings. The molecule has 0 spiro atoms. The van der Waals surface area contributed by atoms with Crippen LogP contribution in [0.1, 0.15) is 60.6 Å². The minimum absolute atomic E-state index is 0.0630. The fourth-order valence-corrected chi connectivity index (χ4v) is 3.36. The Morgan fingerprint density at radius 2 is 1.86 bits per heavy atom. The summed E-state index contributed by atoms with van der Waals surface area (Å²) in [7, 11) is -1.80. The van der Waals surface area contributed by atoms with E-state index in [9.17, 15) is 4.79 Å². The molecule has 1 rings (SSSR count). The SMILES string of the molecule is C[C@H](CO[Si](C)(C)C(C)(C)C)Oc1cccnc1CCCNC(=O)OC(C)(C)C. The minimum atomic E-state index is -1.80. The van der Waals surface area contributed by atoms with Gasteiger partial charge in [0.05, 0.1) is 12.3 Å². The van der Waals surface area contributed by atoms with E-state index in [1.807, 2.05) is 39.8 Å². The number of carbonyl (C=O) groups excluding carboxylic acids is 1. The maximum Gasteiger partial charge on any atom is 0.407 e. The van der Waals surface area contributed by atoms with E-state index < -0.39 is 20.0 Å². The minimum Gasteiger partial charge on any atom is -0.486 e. The van der Waals surface area contributed by atoms with E-state index in [-0.39, 0.29) is 11.1 Å². The first-order valence-electron chi connectivity index (χ1n) is 10.4. The lowest BCUT2D eigenvalue weighted by atomic mass is 10.2. The number of aryl methyl sites for hydroxylation is 1. The van der Waals surface area contributed by atoms with E-state index in [1.54, 1.807) is 6.20 Å². The second-order valence-corrected chi connectivity index (χ2v) is 14.8. The van der Waals surface area contributed by atoms with Crippen molar-refractivity contribution in [2.45, 2.75) is 91.1 Å².